The van der Waals surface area contributed by atoms with Crippen molar-refractivity contribution in [2.75, 3.05) is 0 Å². The summed E-state index contributed by atoms with van der Waals surface area (Å²) < 4.78 is 37.9. The normalized spacial score (nSPS) is 11.6. The van der Waals surface area contributed by atoms with Crippen molar-refractivity contribution in [3.05, 3.63) is 70.8 Å². The Hall–Kier alpha value is -1.42. The molecule has 0 nitrogen and oxygen atoms in total. The largest absolute Gasteiger partial charge is 0.416 e. The van der Waals surface area contributed by atoms with Crippen molar-refractivity contribution in [1.29, 1.82) is 0 Å². The lowest BCUT2D eigenvalue weighted by Gasteiger charge is -2.10. The molecule has 0 aromatic heterocycles. The van der Waals surface area contributed by atoms with Crippen LogP contribution in [0.5, 0.6) is 0 Å². The van der Waals surface area contributed by atoms with E-state index in [1.807, 2.05) is 24.3 Å². The molecule has 0 saturated carbocycles. The summed E-state index contributed by atoms with van der Waals surface area (Å²) in [7, 11) is 0. The Morgan fingerprint density at radius 3 is 2.21 bits per heavy atom. The Morgan fingerprint density at radius 2 is 1.58 bits per heavy atom. The minimum Gasteiger partial charge on any atom is -0.175 e. The van der Waals surface area contributed by atoms with Crippen molar-refractivity contribution >= 4 is 12.6 Å². The van der Waals surface area contributed by atoms with Gasteiger partial charge < -0.3 is 0 Å². The Morgan fingerprint density at radius 1 is 0.895 bits per heavy atom. The van der Waals surface area contributed by atoms with Crippen LogP contribution in [-0.4, -0.2) is 0 Å². The molecule has 0 aliphatic rings. The maximum Gasteiger partial charge on any atom is 0.416 e. The topological polar surface area (TPSA) is 0 Å². The molecule has 0 bridgehead atoms. The second kappa shape index (κ2) is 5.70. The number of alkyl halides is 3. The van der Waals surface area contributed by atoms with Crippen LogP contribution < -0.4 is 0 Å². The lowest BCUT2D eigenvalue weighted by Crippen LogP contribution is -2.05. The molecule has 0 unspecified atom stereocenters. The van der Waals surface area contributed by atoms with Crippen LogP contribution in [0.3, 0.4) is 0 Å². The van der Waals surface area contributed by atoms with Gasteiger partial charge in [0, 0.05) is 5.75 Å². The first kappa shape index (κ1) is 14.0. The summed E-state index contributed by atoms with van der Waals surface area (Å²) in [5.74, 6) is 0.579. The summed E-state index contributed by atoms with van der Waals surface area (Å²) >= 11 is 4.23. The molecule has 0 radical (unpaired) electrons. The van der Waals surface area contributed by atoms with Gasteiger partial charge in [0.15, 0.2) is 0 Å². The van der Waals surface area contributed by atoms with E-state index in [1.54, 1.807) is 6.07 Å². The molecule has 2 rings (SSSR count). The van der Waals surface area contributed by atoms with E-state index in [9.17, 15) is 13.2 Å². The van der Waals surface area contributed by atoms with Crippen LogP contribution in [0.2, 0.25) is 0 Å². The third-order valence-corrected chi connectivity index (χ3v) is 3.28. The van der Waals surface area contributed by atoms with E-state index in [4.69, 9.17) is 0 Å². The van der Waals surface area contributed by atoms with Gasteiger partial charge in [-0.05, 0) is 29.2 Å². The lowest BCUT2D eigenvalue weighted by molar-refractivity contribution is -0.137. The highest BCUT2D eigenvalue weighted by Gasteiger charge is 2.30. The predicted octanol–water partition coefficient (Wildman–Crippen LogP) is 4.73. The number of halogens is 3. The van der Waals surface area contributed by atoms with Gasteiger partial charge >= 0.3 is 6.18 Å². The first-order valence-electron chi connectivity index (χ1n) is 5.84. The zero-order chi connectivity index (χ0) is 13.9. The van der Waals surface area contributed by atoms with Gasteiger partial charge in [0.2, 0.25) is 0 Å². The van der Waals surface area contributed by atoms with E-state index < -0.39 is 11.7 Å². The number of rotatable bonds is 3. The molecule has 0 fully saturated rings. The summed E-state index contributed by atoms with van der Waals surface area (Å²) in [6.07, 6.45) is -3.81. The standard InChI is InChI=1S/C15H13F3S/c16-15(17,18)14-7-3-4-11(9-14)8-12-5-1-2-6-13(12)10-19/h1-7,9,19H,8,10H2. The summed E-state index contributed by atoms with van der Waals surface area (Å²) in [6, 6.07) is 13.1. The average molecular weight is 282 g/mol. The molecule has 0 aliphatic heterocycles. The summed E-state index contributed by atoms with van der Waals surface area (Å²) in [5.41, 5.74) is 2.11. The van der Waals surface area contributed by atoms with E-state index in [0.717, 1.165) is 17.2 Å². The molecular formula is C15H13F3S. The highest BCUT2D eigenvalue weighted by atomic mass is 32.1. The fraction of sp³-hybridized carbons (Fsp3) is 0.200. The van der Waals surface area contributed by atoms with Crippen LogP contribution in [0, 0.1) is 0 Å². The van der Waals surface area contributed by atoms with Crippen LogP contribution in [0.25, 0.3) is 0 Å². The second-order valence-electron chi connectivity index (χ2n) is 4.30. The van der Waals surface area contributed by atoms with Crippen molar-refractivity contribution in [2.45, 2.75) is 18.3 Å². The van der Waals surface area contributed by atoms with Crippen molar-refractivity contribution in [1.82, 2.24) is 0 Å². The molecule has 4 heteroatoms. The van der Waals surface area contributed by atoms with Gasteiger partial charge in [-0.25, -0.2) is 0 Å². The van der Waals surface area contributed by atoms with Gasteiger partial charge in [-0.1, -0.05) is 42.5 Å². The molecule has 100 valence electrons. The van der Waals surface area contributed by atoms with Crippen LogP contribution in [-0.2, 0) is 18.3 Å². The van der Waals surface area contributed by atoms with Crippen LogP contribution in [0.15, 0.2) is 48.5 Å². The summed E-state index contributed by atoms with van der Waals surface area (Å²) in [4.78, 5) is 0. The zero-order valence-electron chi connectivity index (χ0n) is 10.1. The molecule has 0 heterocycles. The fourth-order valence-electron chi connectivity index (χ4n) is 1.96. The molecule has 2 aromatic rings. The van der Waals surface area contributed by atoms with E-state index in [-0.39, 0.29) is 0 Å². The van der Waals surface area contributed by atoms with E-state index >= 15 is 0 Å². The zero-order valence-corrected chi connectivity index (χ0v) is 11.0. The minimum atomic E-state index is -4.29. The number of hydrogen-bond acceptors (Lipinski definition) is 1. The molecule has 0 saturated heterocycles. The molecule has 0 spiro atoms. The quantitative estimate of drug-likeness (QED) is 0.773. The maximum absolute atomic E-state index is 12.6. The Kier molecular flexibility index (Phi) is 4.20. The van der Waals surface area contributed by atoms with Gasteiger partial charge in [0.05, 0.1) is 5.56 Å². The third kappa shape index (κ3) is 3.53. The average Bonchev–Trinajstić information content (AvgIpc) is 2.39. The monoisotopic (exact) mass is 282 g/mol. The highest BCUT2D eigenvalue weighted by Crippen LogP contribution is 2.30. The fourth-order valence-corrected chi connectivity index (χ4v) is 2.27. The lowest BCUT2D eigenvalue weighted by atomic mass is 9.99. The highest BCUT2D eigenvalue weighted by molar-refractivity contribution is 7.79. The van der Waals surface area contributed by atoms with Crippen LogP contribution in [0.1, 0.15) is 22.3 Å². The summed E-state index contributed by atoms with van der Waals surface area (Å²) in [6.45, 7) is 0. The van der Waals surface area contributed by atoms with Crippen LogP contribution >= 0.6 is 12.6 Å². The molecule has 0 atom stereocenters. The molecule has 0 N–H and O–H groups in total. The number of hydrogen-bond donors (Lipinski definition) is 1. The minimum absolute atomic E-state index is 0.487. The van der Waals surface area contributed by atoms with Gasteiger partial charge in [0.1, 0.15) is 0 Å². The first-order chi connectivity index (χ1) is 9.00. The number of thiol groups is 1. The Bertz CT molecular complexity index is 561. The SMILES string of the molecule is FC(F)(F)c1cccc(Cc2ccccc2CS)c1. The summed E-state index contributed by atoms with van der Waals surface area (Å²) in [5, 5.41) is 0. The molecule has 0 amide bonds. The van der Waals surface area contributed by atoms with Gasteiger partial charge in [-0.3, -0.25) is 0 Å². The van der Waals surface area contributed by atoms with Crippen LogP contribution in [0.4, 0.5) is 13.2 Å². The van der Waals surface area contributed by atoms with Crippen molar-refractivity contribution in [2.24, 2.45) is 0 Å². The van der Waals surface area contributed by atoms with Crippen molar-refractivity contribution in [3.8, 4) is 0 Å². The Balaban J connectivity index is 2.29. The second-order valence-corrected chi connectivity index (χ2v) is 4.62. The molecular weight excluding hydrogens is 269 g/mol. The van der Waals surface area contributed by atoms with Crippen molar-refractivity contribution in [3.63, 3.8) is 0 Å². The molecule has 2 aromatic carbocycles. The smallest absolute Gasteiger partial charge is 0.175 e. The van der Waals surface area contributed by atoms with Gasteiger partial charge in [-0.15, -0.1) is 0 Å². The molecule has 0 aliphatic carbocycles. The Labute approximate surface area is 115 Å². The maximum atomic E-state index is 12.6. The predicted molar refractivity (Wildman–Crippen MR) is 73.4 cm³/mol. The van der Waals surface area contributed by atoms with Crippen molar-refractivity contribution < 1.29 is 13.2 Å². The molecule has 19 heavy (non-hydrogen) atoms. The van der Waals surface area contributed by atoms with E-state index in [2.05, 4.69) is 12.6 Å². The first-order valence-corrected chi connectivity index (χ1v) is 6.48. The number of benzene rings is 2. The van der Waals surface area contributed by atoms with E-state index in [1.165, 1.54) is 12.1 Å². The van der Waals surface area contributed by atoms with Gasteiger partial charge in [-0.2, -0.15) is 25.8 Å². The van der Waals surface area contributed by atoms with E-state index in [0.29, 0.717) is 17.7 Å². The van der Waals surface area contributed by atoms with Gasteiger partial charge in [0.25, 0.3) is 0 Å². The third-order valence-electron chi connectivity index (χ3n) is 2.94.